The minimum atomic E-state index is -4.08. The van der Waals surface area contributed by atoms with Gasteiger partial charge in [0.15, 0.2) is 5.13 Å². The zero-order chi connectivity index (χ0) is 37.3. The summed E-state index contributed by atoms with van der Waals surface area (Å²) in [5, 5.41) is 22.4. The van der Waals surface area contributed by atoms with Gasteiger partial charge < -0.3 is 25.5 Å². The molecule has 0 saturated carbocycles. The average molecular weight is 742 g/mol. The summed E-state index contributed by atoms with van der Waals surface area (Å²) < 4.78 is 28.9. The lowest BCUT2D eigenvalue weighted by atomic mass is 9.97. The van der Waals surface area contributed by atoms with Gasteiger partial charge in [0.2, 0.25) is 21.8 Å². The third-order valence-electron chi connectivity index (χ3n) is 8.41. The molecule has 51 heavy (non-hydrogen) atoms. The predicted octanol–water partition coefficient (Wildman–Crippen LogP) is 4.07. The third kappa shape index (κ3) is 10.6. The monoisotopic (exact) mass is 741 g/mol. The van der Waals surface area contributed by atoms with Crippen molar-refractivity contribution in [1.29, 1.82) is 0 Å². The number of rotatable bonds is 18. The first-order valence-electron chi connectivity index (χ1n) is 16.9. The van der Waals surface area contributed by atoms with Gasteiger partial charge in [0, 0.05) is 38.5 Å². The molecule has 1 aliphatic heterocycles. The Morgan fingerprint density at radius 3 is 2.31 bits per heavy atom. The van der Waals surface area contributed by atoms with E-state index in [2.05, 4.69) is 20.8 Å². The topological polar surface area (TPSA) is 182 Å². The van der Waals surface area contributed by atoms with E-state index >= 15 is 0 Å². The van der Waals surface area contributed by atoms with Gasteiger partial charge >= 0.3 is 6.03 Å². The molecule has 0 aliphatic carbocycles. The number of aliphatic hydroxyl groups is 1. The number of urea groups is 1. The van der Waals surface area contributed by atoms with Crippen molar-refractivity contribution in [2.24, 2.45) is 17.0 Å². The number of nitroso groups, excluding NO2 is 1. The van der Waals surface area contributed by atoms with Crippen LogP contribution in [0.3, 0.4) is 0 Å². The van der Waals surface area contributed by atoms with E-state index in [-0.39, 0.29) is 61.3 Å². The predicted molar refractivity (Wildman–Crippen MR) is 195 cm³/mol. The highest BCUT2D eigenvalue weighted by Crippen LogP contribution is 2.24. The van der Waals surface area contributed by atoms with Crippen LogP contribution < -0.4 is 10.6 Å². The van der Waals surface area contributed by atoms with Crippen LogP contribution in [-0.2, 0) is 39.1 Å². The summed E-state index contributed by atoms with van der Waals surface area (Å²) in [6.07, 6.45) is -1.11. The number of thiazole rings is 1. The highest BCUT2D eigenvalue weighted by molar-refractivity contribution is 7.89. The van der Waals surface area contributed by atoms with Crippen LogP contribution in [0.2, 0.25) is 0 Å². The van der Waals surface area contributed by atoms with Gasteiger partial charge in [-0.1, -0.05) is 75.3 Å². The summed E-state index contributed by atoms with van der Waals surface area (Å²) in [4.78, 5) is 57.4. The summed E-state index contributed by atoms with van der Waals surface area (Å²) in [6, 6.07) is 13.1. The van der Waals surface area contributed by atoms with Crippen molar-refractivity contribution in [3.05, 3.63) is 81.7 Å². The maximum Gasteiger partial charge on any atom is 0.321 e. The van der Waals surface area contributed by atoms with Crippen molar-refractivity contribution in [2.75, 3.05) is 31.5 Å². The first-order valence-corrected chi connectivity index (χ1v) is 19.2. The second kappa shape index (κ2) is 17.8. The summed E-state index contributed by atoms with van der Waals surface area (Å²) in [5.74, 6) is -1.07. The van der Waals surface area contributed by atoms with Gasteiger partial charge in [-0.15, -0.1) is 11.3 Å². The van der Waals surface area contributed by atoms with Crippen molar-refractivity contribution >= 4 is 44.3 Å². The van der Waals surface area contributed by atoms with E-state index in [9.17, 15) is 32.8 Å². The lowest BCUT2D eigenvalue weighted by molar-refractivity contribution is -0.128. The van der Waals surface area contributed by atoms with Gasteiger partial charge in [-0.3, -0.25) is 9.59 Å². The Morgan fingerprint density at radius 2 is 1.71 bits per heavy atom. The summed E-state index contributed by atoms with van der Waals surface area (Å²) in [5.41, 5.74) is 2.01. The number of carbonyl (C=O) groups is 3. The Hall–Kier alpha value is -4.25. The molecule has 4 rings (SSSR count). The van der Waals surface area contributed by atoms with Crippen LogP contribution in [0, 0.1) is 16.7 Å². The van der Waals surface area contributed by atoms with Crippen LogP contribution in [0.25, 0.3) is 0 Å². The standard InChI is InChI=1S/C35H47N7O7S2/c1-23(2)19-41(51(48,49)29-13-11-27(12-14-29)18-36-47)21-31(44)30(17-26-9-7-6-8-10-26)39-33(45)32(24(3)4)42-16-15-40(35(42)46)20-28-22-50-34(38-28)37-25(5)43/h6-14,22-24,30-32,44H,15-21H2,1-5H3,(H,39,45)(H,37,38,43)/t30-,31+,32-/m0/s1. The minimum Gasteiger partial charge on any atom is -0.390 e. The molecule has 0 spiro atoms. The van der Waals surface area contributed by atoms with Crippen LogP contribution in [0.4, 0.5) is 9.93 Å². The number of nitrogens with one attached hydrogen (secondary N) is 2. The third-order valence-corrected chi connectivity index (χ3v) is 11.1. The molecule has 0 bridgehead atoms. The van der Waals surface area contributed by atoms with Gasteiger partial charge in [-0.25, -0.2) is 18.2 Å². The van der Waals surface area contributed by atoms with E-state index in [0.717, 1.165) is 5.56 Å². The Morgan fingerprint density at radius 1 is 1.02 bits per heavy atom. The van der Waals surface area contributed by atoms with Crippen molar-refractivity contribution < 1.29 is 27.9 Å². The van der Waals surface area contributed by atoms with Crippen LogP contribution in [0.5, 0.6) is 0 Å². The second-order valence-corrected chi connectivity index (χ2v) is 16.2. The molecule has 3 aromatic rings. The van der Waals surface area contributed by atoms with Gasteiger partial charge in [0.25, 0.3) is 0 Å². The number of amides is 4. The van der Waals surface area contributed by atoms with Crippen molar-refractivity contribution in [1.82, 2.24) is 24.4 Å². The highest BCUT2D eigenvalue weighted by atomic mass is 32.2. The maximum atomic E-state index is 14.1. The van der Waals surface area contributed by atoms with E-state index in [4.69, 9.17) is 0 Å². The van der Waals surface area contributed by atoms with Crippen molar-refractivity contribution in [3.63, 3.8) is 0 Å². The number of nitrogens with zero attached hydrogens (tertiary/aromatic N) is 5. The van der Waals surface area contributed by atoms with Gasteiger partial charge in [-0.2, -0.15) is 9.21 Å². The van der Waals surface area contributed by atoms with E-state index < -0.39 is 34.1 Å². The van der Waals surface area contributed by atoms with E-state index in [1.165, 1.54) is 51.7 Å². The second-order valence-electron chi connectivity index (χ2n) is 13.4. The fourth-order valence-electron chi connectivity index (χ4n) is 6.02. The molecule has 276 valence electrons. The van der Waals surface area contributed by atoms with E-state index in [1.807, 2.05) is 58.0 Å². The van der Waals surface area contributed by atoms with Crippen molar-refractivity contribution in [3.8, 4) is 0 Å². The van der Waals surface area contributed by atoms with Crippen molar-refractivity contribution in [2.45, 2.75) is 77.2 Å². The first-order chi connectivity index (χ1) is 24.2. The largest absolute Gasteiger partial charge is 0.390 e. The molecule has 2 heterocycles. The van der Waals surface area contributed by atoms with Crippen LogP contribution in [0.1, 0.15) is 51.4 Å². The molecule has 14 nitrogen and oxygen atoms in total. The number of sulfonamides is 1. The average Bonchev–Trinajstić information content (AvgIpc) is 3.66. The Kier molecular flexibility index (Phi) is 13.8. The molecule has 1 fully saturated rings. The molecule has 3 N–H and O–H groups in total. The van der Waals surface area contributed by atoms with Crippen LogP contribution >= 0.6 is 11.3 Å². The maximum absolute atomic E-state index is 14.1. The fourth-order valence-corrected chi connectivity index (χ4v) is 8.39. The van der Waals surface area contributed by atoms with Gasteiger partial charge in [-0.05, 0) is 41.5 Å². The van der Waals surface area contributed by atoms with Crippen LogP contribution in [0.15, 0.2) is 70.0 Å². The first kappa shape index (κ1) is 39.5. The summed E-state index contributed by atoms with van der Waals surface area (Å²) in [7, 11) is -4.08. The fraction of sp³-hybridized carbons (Fsp3) is 0.486. The number of hydrogen-bond donors (Lipinski definition) is 3. The normalized spacial score (nSPS) is 15.4. The summed E-state index contributed by atoms with van der Waals surface area (Å²) in [6.45, 7) is 9.43. The molecular weight excluding hydrogens is 695 g/mol. The number of hydrogen-bond acceptors (Lipinski definition) is 10. The number of aromatic nitrogens is 1. The van der Waals surface area contributed by atoms with Gasteiger partial charge in [0.05, 0.1) is 29.3 Å². The number of benzene rings is 2. The Labute approximate surface area is 303 Å². The zero-order valence-corrected chi connectivity index (χ0v) is 31.2. The SMILES string of the molecule is CC(=O)Nc1nc(CN2CCN([C@H](C(=O)N[C@@H](Cc3ccccc3)[C@H](O)CN(CC(C)C)S(=O)(=O)c3ccc(CN=O)cc3)C(C)C)C2=O)cs1. The number of anilines is 1. The van der Waals surface area contributed by atoms with E-state index in [1.54, 1.807) is 10.3 Å². The molecule has 1 aromatic heterocycles. The lowest BCUT2D eigenvalue weighted by Crippen LogP contribution is -2.57. The van der Waals surface area contributed by atoms with Crippen LogP contribution in [-0.4, -0.2) is 94.8 Å². The summed E-state index contributed by atoms with van der Waals surface area (Å²) >= 11 is 1.26. The molecule has 16 heteroatoms. The number of carbonyl (C=O) groups excluding carboxylic acids is 3. The quantitative estimate of drug-likeness (QED) is 0.163. The Balaban J connectivity index is 1.55. The molecule has 0 unspecified atom stereocenters. The molecule has 1 aliphatic rings. The highest BCUT2D eigenvalue weighted by Gasteiger charge is 2.40. The Bertz CT molecular complexity index is 1750. The number of aliphatic hydroxyl groups excluding tert-OH is 1. The molecule has 2 aromatic carbocycles. The molecular formula is C35H47N7O7S2. The lowest BCUT2D eigenvalue weighted by Gasteiger charge is -2.34. The molecule has 4 amide bonds. The molecule has 0 radical (unpaired) electrons. The molecule has 1 saturated heterocycles. The zero-order valence-electron chi connectivity index (χ0n) is 29.6. The van der Waals surface area contributed by atoms with Gasteiger partial charge in [0.1, 0.15) is 12.6 Å². The van der Waals surface area contributed by atoms with E-state index in [0.29, 0.717) is 29.5 Å². The molecule has 3 atom stereocenters. The minimum absolute atomic E-state index is 0.00889. The smallest absolute Gasteiger partial charge is 0.321 e.